The number of aliphatic carboxylic acids is 1. The SMILES string of the molecule is CCCn1nc(C(=O)NCC[C@H](O)C(=O)O)ccc1=O. The summed E-state index contributed by atoms with van der Waals surface area (Å²) in [6, 6.07) is 2.56. The van der Waals surface area contributed by atoms with Crippen LogP contribution in [0.1, 0.15) is 30.3 Å². The van der Waals surface area contributed by atoms with Gasteiger partial charge in [-0.15, -0.1) is 0 Å². The normalized spacial score (nSPS) is 11.9. The number of hydrogen-bond acceptors (Lipinski definition) is 5. The smallest absolute Gasteiger partial charge is 0.332 e. The number of amides is 1. The Morgan fingerprint density at radius 3 is 2.75 bits per heavy atom. The van der Waals surface area contributed by atoms with E-state index in [2.05, 4.69) is 10.4 Å². The molecule has 0 aliphatic rings. The van der Waals surface area contributed by atoms with Gasteiger partial charge in [0.15, 0.2) is 6.10 Å². The van der Waals surface area contributed by atoms with Crippen molar-refractivity contribution in [2.45, 2.75) is 32.4 Å². The molecule has 1 aromatic heterocycles. The fraction of sp³-hybridized carbons (Fsp3) is 0.500. The van der Waals surface area contributed by atoms with Crippen molar-refractivity contribution in [2.75, 3.05) is 6.54 Å². The fourth-order valence-electron chi connectivity index (χ4n) is 1.48. The van der Waals surface area contributed by atoms with Crippen molar-refractivity contribution < 1.29 is 19.8 Å². The summed E-state index contributed by atoms with van der Waals surface area (Å²) in [4.78, 5) is 33.6. The van der Waals surface area contributed by atoms with E-state index in [0.29, 0.717) is 13.0 Å². The van der Waals surface area contributed by atoms with Crippen LogP contribution >= 0.6 is 0 Å². The van der Waals surface area contributed by atoms with E-state index in [1.54, 1.807) is 0 Å². The molecule has 1 rings (SSSR count). The summed E-state index contributed by atoms with van der Waals surface area (Å²) in [5, 5.41) is 23.9. The quantitative estimate of drug-likeness (QED) is 0.603. The van der Waals surface area contributed by atoms with Gasteiger partial charge in [-0.3, -0.25) is 9.59 Å². The zero-order valence-corrected chi connectivity index (χ0v) is 11.1. The lowest BCUT2D eigenvalue weighted by Crippen LogP contribution is -2.32. The van der Waals surface area contributed by atoms with Crippen molar-refractivity contribution in [3.63, 3.8) is 0 Å². The zero-order chi connectivity index (χ0) is 15.1. The molecular formula is C12H17N3O5. The number of nitrogens with zero attached hydrogens (tertiary/aromatic N) is 2. The number of aromatic nitrogens is 2. The third kappa shape index (κ3) is 4.47. The van der Waals surface area contributed by atoms with Crippen LogP contribution < -0.4 is 10.9 Å². The maximum atomic E-state index is 11.7. The number of aliphatic hydroxyl groups is 1. The first kappa shape index (κ1) is 15.8. The second kappa shape index (κ2) is 7.39. The van der Waals surface area contributed by atoms with E-state index in [1.165, 1.54) is 16.8 Å². The number of carbonyl (C=O) groups is 2. The van der Waals surface area contributed by atoms with Gasteiger partial charge in [0.2, 0.25) is 0 Å². The first-order valence-corrected chi connectivity index (χ1v) is 6.23. The number of rotatable bonds is 7. The minimum atomic E-state index is -1.52. The minimum absolute atomic E-state index is 0.000877. The molecule has 0 saturated carbocycles. The van der Waals surface area contributed by atoms with Crippen LogP contribution in [-0.4, -0.2) is 44.5 Å². The molecule has 0 aromatic carbocycles. The van der Waals surface area contributed by atoms with Gasteiger partial charge in [-0.25, -0.2) is 9.48 Å². The molecule has 20 heavy (non-hydrogen) atoms. The van der Waals surface area contributed by atoms with E-state index < -0.39 is 18.0 Å². The average Bonchev–Trinajstić information content (AvgIpc) is 2.41. The van der Waals surface area contributed by atoms with E-state index in [4.69, 9.17) is 10.2 Å². The van der Waals surface area contributed by atoms with E-state index in [-0.39, 0.29) is 24.2 Å². The van der Waals surface area contributed by atoms with Crippen LogP contribution in [0.4, 0.5) is 0 Å². The molecule has 0 spiro atoms. The molecule has 0 radical (unpaired) electrons. The molecule has 1 amide bonds. The topological polar surface area (TPSA) is 122 Å². The van der Waals surface area contributed by atoms with E-state index in [9.17, 15) is 14.4 Å². The van der Waals surface area contributed by atoms with E-state index in [1.807, 2.05) is 6.92 Å². The molecule has 1 heterocycles. The summed E-state index contributed by atoms with van der Waals surface area (Å²) >= 11 is 0. The molecule has 0 bridgehead atoms. The van der Waals surface area contributed by atoms with Crippen LogP contribution in [-0.2, 0) is 11.3 Å². The maximum Gasteiger partial charge on any atom is 0.332 e. The van der Waals surface area contributed by atoms with Crippen LogP contribution in [0.25, 0.3) is 0 Å². The average molecular weight is 283 g/mol. The number of hydrogen-bond donors (Lipinski definition) is 3. The summed E-state index contributed by atoms with van der Waals surface area (Å²) in [6.45, 7) is 2.30. The van der Waals surface area contributed by atoms with Gasteiger partial charge in [-0.1, -0.05) is 6.92 Å². The standard InChI is InChI=1S/C12H17N3O5/c1-2-7-15-10(17)4-3-8(14-15)11(18)13-6-5-9(16)12(19)20/h3-4,9,16H,2,5-7H2,1H3,(H,13,18)(H,19,20)/t9-/m0/s1. The first-order chi connectivity index (χ1) is 9.45. The van der Waals surface area contributed by atoms with Gasteiger partial charge >= 0.3 is 5.97 Å². The molecule has 1 atom stereocenters. The highest BCUT2D eigenvalue weighted by Crippen LogP contribution is 1.94. The van der Waals surface area contributed by atoms with Crippen molar-refractivity contribution in [1.82, 2.24) is 15.1 Å². The zero-order valence-electron chi connectivity index (χ0n) is 11.1. The third-order valence-corrected chi connectivity index (χ3v) is 2.52. The molecular weight excluding hydrogens is 266 g/mol. The predicted molar refractivity (Wildman–Crippen MR) is 69.4 cm³/mol. The number of carbonyl (C=O) groups excluding carboxylic acids is 1. The molecule has 3 N–H and O–H groups in total. The van der Waals surface area contributed by atoms with E-state index in [0.717, 1.165) is 0 Å². The van der Waals surface area contributed by atoms with Crippen molar-refractivity contribution >= 4 is 11.9 Å². The Labute approximate surface area is 115 Å². The Morgan fingerprint density at radius 2 is 2.15 bits per heavy atom. The van der Waals surface area contributed by atoms with Gasteiger partial charge in [0, 0.05) is 25.6 Å². The Kier molecular flexibility index (Phi) is 5.85. The molecule has 0 saturated heterocycles. The number of aliphatic hydroxyl groups excluding tert-OH is 1. The van der Waals surface area contributed by atoms with Crippen LogP contribution in [0.5, 0.6) is 0 Å². The van der Waals surface area contributed by atoms with Crippen molar-refractivity contribution in [3.8, 4) is 0 Å². The lowest BCUT2D eigenvalue weighted by atomic mass is 10.2. The second-order valence-corrected chi connectivity index (χ2v) is 4.18. The largest absolute Gasteiger partial charge is 0.479 e. The summed E-state index contributed by atoms with van der Waals surface area (Å²) in [5.41, 5.74) is -0.215. The van der Waals surface area contributed by atoms with Gasteiger partial charge in [-0.05, 0) is 12.5 Å². The number of carboxylic acid groups (broad SMARTS) is 1. The predicted octanol–water partition coefficient (Wildman–Crippen LogP) is -0.781. The Bertz CT molecular complexity index is 540. The highest BCUT2D eigenvalue weighted by Gasteiger charge is 2.14. The fourth-order valence-corrected chi connectivity index (χ4v) is 1.48. The Hall–Kier alpha value is -2.22. The van der Waals surface area contributed by atoms with Crippen LogP contribution in [0.2, 0.25) is 0 Å². The Morgan fingerprint density at radius 1 is 1.45 bits per heavy atom. The summed E-state index contributed by atoms with van der Waals surface area (Å²) in [6.07, 6.45) is -0.907. The lowest BCUT2D eigenvalue weighted by Gasteiger charge is -2.08. The number of carboxylic acids is 1. The van der Waals surface area contributed by atoms with E-state index >= 15 is 0 Å². The van der Waals surface area contributed by atoms with Gasteiger partial charge in [0.1, 0.15) is 5.69 Å². The highest BCUT2D eigenvalue weighted by molar-refractivity contribution is 5.92. The molecule has 8 heteroatoms. The monoisotopic (exact) mass is 283 g/mol. The van der Waals surface area contributed by atoms with Crippen molar-refractivity contribution in [1.29, 1.82) is 0 Å². The third-order valence-electron chi connectivity index (χ3n) is 2.52. The molecule has 0 unspecified atom stereocenters. The molecule has 0 aliphatic heterocycles. The molecule has 0 fully saturated rings. The minimum Gasteiger partial charge on any atom is -0.479 e. The lowest BCUT2D eigenvalue weighted by molar-refractivity contribution is -0.146. The summed E-state index contributed by atoms with van der Waals surface area (Å²) < 4.78 is 1.20. The summed E-state index contributed by atoms with van der Waals surface area (Å²) in [7, 11) is 0. The molecule has 1 aromatic rings. The molecule has 110 valence electrons. The van der Waals surface area contributed by atoms with Gasteiger partial charge in [0.25, 0.3) is 11.5 Å². The van der Waals surface area contributed by atoms with Crippen LogP contribution in [0.15, 0.2) is 16.9 Å². The Balaban J connectivity index is 2.61. The molecule has 0 aliphatic carbocycles. The van der Waals surface area contributed by atoms with Gasteiger partial charge in [-0.2, -0.15) is 5.10 Å². The molecule has 8 nitrogen and oxygen atoms in total. The number of aryl methyl sites for hydroxylation is 1. The van der Waals surface area contributed by atoms with Crippen molar-refractivity contribution in [3.05, 3.63) is 28.2 Å². The maximum absolute atomic E-state index is 11.7. The van der Waals surface area contributed by atoms with Crippen LogP contribution in [0, 0.1) is 0 Å². The highest BCUT2D eigenvalue weighted by atomic mass is 16.4. The first-order valence-electron chi connectivity index (χ1n) is 6.23. The van der Waals surface area contributed by atoms with Gasteiger partial charge < -0.3 is 15.5 Å². The number of nitrogens with one attached hydrogen (secondary N) is 1. The van der Waals surface area contributed by atoms with Crippen molar-refractivity contribution in [2.24, 2.45) is 0 Å². The second-order valence-electron chi connectivity index (χ2n) is 4.18. The van der Waals surface area contributed by atoms with Gasteiger partial charge in [0.05, 0.1) is 0 Å². The summed E-state index contributed by atoms with van der Waals surface area (Å²) in [5.74, 6) is -1.86. The van der Waals surface area contributed by atoms with Crippen LogP contribution in [0.3, 0.4) is 0 Å².